The van der Waals surface area contributed by atoms with Gasteiger partial charge in [0.05, 0.1) is 12.7 Å². The first-order chi connectivity index (χ1) is 14.6. The maximum Gasteiger partial charge on any atom is 0.416 e. The molecule has 0 spiro atoms. The van der Waals surface area contributed by atoms with Crippen molar-refractivity contribution >= 4 is 0 Å². The fourth-order valence-corrected chi connectivity index (χ4v) is 3.22. The van der Waals surface area contributed by atoms with Crippen LogP contribution in [0.5, 0.6) is 5.75 Å². The van der Waals surface area contributed by atoms with Crippen LogP contribution in [0.3, 0.4) is 0 Å². The molecule has 0 amide bonds. The highest BCUT2D eigenvalue weighted by Crippen LogP contribution is 2.36. The Hall–Kier alpha value is -3.00. The Morgan fingerprint density at radius 3 is 2.03 bits per heavy atom. The molecule has 164 valence electrons. The second kappa shape index (κ2) is 9.01. The third-order valence-corrected chi connectivity index (χ3v) is 4.76. The van der Waals surface area contributed by atoms with Gasteiger partial charge < -0.3 is 4.74 Å². The Morgan fingerprint density at radius 2 is 1.48 bits per heavy atom. The smallest absolute Gasteiger partial charge is 0.416 e. The first kappa shape index (κ1) is 22.7. The van der Waals surface area contributed by atoms with E-state index >= 15 is 0 Å². The molecule has 0 heterocycles. The summed E-state index contributed by atoms with van der Waals surface area (Å²) in [6.45, 7) is -0.100. The number of alkyl halides is 6. The molecule has 0 unspecified atom stereocenters. The van der Waals surface area contributed by atoms with Gasteiger partial charge in [0.1, 0.15) is 11.8 Å². The van der Waals surface area contributed by atoms with E-state index in [-0.39, 0.29) is 12.1 Å². The minimum absolute atomic E-state index is 0.0893. The highest BCUT2D eigenvalue weighted by atomic mass is 19.4. The maximum atomic E-state index is 13.5. The van der Waals surface area contributed by atoms with E-state index in [1.807, 2.05) is 0 Å². The van der Waals surface area contributed by atoms with Crippen LogP contribution in [0.25, 0.3) is 11.1 Å². The zero-order valence-electron chi connectivity index (χ0n) is 16.4. The van der Waals surface area contributed by atoms with Gasteiger partial charge in [0.25, 0.3) is 0 Å². The van der Waals surface area contributed by atoms with Gasteiger partial charge in [0.2, 0.25) is 0 Å². The number of nitrogens with one attached hydrogen (secondary N) is 1. The van der Waals surface area contributed by atoms with E-state index in [0.29, 0.717) is 22.4 Å². The fraction of sp³-hybridized carbons (Fsp3) is 0.217. The quantitative estimate of drug-likeness (QED) is 0.428. The van der Waals surface area contributed by atoms with Crippen LogP contribution in [0.15, 0.2) is 72.8 Å². The number of rotatable bonds is 6. The Morgan fingerprint density at radius 1 is 0.839 bits per heavy atom. The number of ether oxygens (including phenoxy) is 1. The van der Waals surface area contributed by atoms with Gasteiger partial charge in [-0.05, 0) is 41.0 Å². The van der Waals surface area contributed by atoms with E-state index in [2.05, 4.69) is 5.32 Å². The molecule has 3 aromatic rings. The summed E-state index contributed by atoms with van der Waals surface area (Å²) in [5.74, 6) is 0.402. The molecular weight excluding hydrogens is 420 g/mol. The second-order valence-electron chi connectivity index (χ2n) is 6.88. The van der Waals surface area contributed by atoms with Crippen LogP contribution in [0.2, 0.25) is 0 Å². The minimum Gasteiger partial charge on any atom is -0.496 e. The van der Waals surface area contributed by atoms with Gasteiger partial charge in [-0.25, -0.2) is 0 Å². The average molecular weight is 439 g/mol. The highest BCUT2D eigenvalue weighted by molar-refractivity contribution is 5.71. The molecule has 31 heavy (non-hydrogen) atoms. The van der Waals surface area contributed by atoms with Gasteiger partial charge in [0, 0.05) is 12.1 Å². The number of methoxy groups -OCH3 is 1. The highest BCUT2D eigenvalue weighted by Gasteiger charge is 2.40. The predicted molar refractivity (Wildman–Crippen MR) is 106 cm³/mol. The summed E-state index contributed by atoms with van der Waals surface area (Å²) in [6, 6.07) is 14.9. The molecule has 8 heteroatoms. The van der Waals surface area contributed by atoms with Crippen molar-refractivity contribution in [3.8, 4) is 16.9 Å². The van der Waals surface area contributed by atoms with Crippen LogP contribution in [0.1, 0.15) is 22.7 Å². The summed E-state index contributed by atoms with van der Waals surface area (Å²) >= 11 is 0. The first-order valence-corrected chi connectivity index (χ1v) is 9.29. The molecule has 3 rings (SSSR count). The second-order valence-corrected chi connectivity index (χ2v) is 6.88. The number of benzene rings is 3. The Kier molecular flexibility index (Phi) is 6.59. The van der Waals surface area contributed by atoms with Crippen molar-refractivity contribution < 1.29 is 31.1 Å². The largest absolute Gasteiger partial charge is 0.496 e. The molecule has 2 nitrogen and oxygen atoms in total. The van der Waals surface area contributed by atoms with Gasteiger partial charge in [0.15, 0.2) is 0 Å². The van der Waals surface area contributed by atoms with E-state index in [0.717, 1.165) is 12.1 Å². The summed E-state index contributed by atoms with van der Waals surface area (Å²) in [6.07, 6.45) is -8.96. The summed E-state index contributed by atoms with van der Waals surface area (Å²) < 4.78 is 84.3. The van der Waals surface area contributed by atoms with Crippen molar-refractivity contribution in [1.29, 1.82) is 0 Å². The number of hydrogen-bond acceptors (Lipinski definition) is 2. The lowest BCUT2D eigenvalue weighted by Gasteiger charge is -2.22. The summed E-state index contributed by atoms with van der Waals surface area (Å²) in [5.41, 5.74) is 0.775. The lowest BCUT2D eigenvalue weighted by molar-refractivity contribution is -0.158. The average Bonchev–Trinajstić information content (AvgIpc) is 2.73. The van der Waals surface area contributed by atoms with Crippen molar-refractivity contribution in [3.05, 3.63) is 89.5 Å². The van der Waals surface area contributed by atoms with Crippen LogP contribution in [0.4, 0.5) is 26.3 Å². The molecule has 1 atom stereocenters. The fourth-order valence-electron chi connectivity index (χ4n) is 3.22. The summed E-state index contributed by atoms with van der Waals surface area (Å²) in [5, 5.41) is 2.52. The van der Waals surface area contributed by atoms with Crippen molar-refractivity contribution in [2.45, 2.75) is 24.9 Å². The topological polar surface area (TPSA) is 21.3 Å². The molecule has 0 saturated heterocycles. The van der Waals surface area contributed by atoms with E-state index in [4.69, 9.17) is 4.74 Å². The van der Waals surface area contributed by atoms with Crippen molar-refractivity contribution in [2.75, 3.05) is 7.11 Å². The molecule has 1 N–H and O–H groups in total. The Balaban J connectivity index is 1.86. The van der Waals surface area contributed by atoms with Crippen molar-refractivity contribution in [1.82, 2.24) is 5.32 Å². The molecular formula is C23H19F6NO. The van der Waals surface area contributed by atoms with E-state index in [9.17, 15) is 26.3 Å². The first-order valence-electron chi connectivity index (χ1n) is 9.29. The Labute approximate surface area is 175 Å². The van der Waals surface area contributed by atoms with E-state index < -0.39 is 24.0 Å². The molecule has 3 aromatic carbocycles. The summed E-state index contributed by atoms with van der Waals surface area (Å²) in [7, 11) is 1.41. The molecule has 0 radical (unpaired) electrons. The molecule has 0 aliphatic rings. The predicted octanol–water partition coefficient (Wildman–Crippen LogP) is 6.77. The summed E-state index contributed by atoms with van der Waals surface area (Å²) in [4.78, 5) is 0. The normalized spacial score (nSPS) is 13.1. The van der Waals surface area contributed by atoms with E-state index in [1.54, 1.807) is 24.3 Å². The van der Waals surface area contributed by atoms with Crippen molar-refractivity contribution in [3.63, 3.8) is 0 Å². The molecule has 0 fully saturated rings. The molecule has 0 saturated carbocycles. The maximum absolute atomic E-state index is 13.5. The van der Waals surface area contributed by atoms with Gasteiger partial charge in [-0.1, -0.05) is 48.5 Å². The monoisotopic (exact) mass is 439 g/mol. The van der Waals surface area contributed by atoms with Gasteiger partial charge >= 0.3 is 12.4 Å². The molecule has 0 aromatic heterocycles. The lowest BCUT2D eigenvalue weighted by Crippen LogP contribution is -2.33. The number of halogens is 6. The SMILES string of the molecule is COc1ccc(CN[C@H](c2ccccc2)C(F)(F)F)cc1-c1ccc(C(F)(F)F)cc1. The molecule has 0 aliphatic heterocycles. The minimum atomic E-state index is -4.50. The zero-order chi connectivity index (χ0) is 22.6. The van der Waals surface area contributed by atoms with Crippen LogP contribution in [-0.2, 0) is 12.7 Å². The third kappa shape index (κ3) is 5.58. The third-order valence-electron chi connectivity index (χ3n) is 4.76. The van der Waals surface area contributed by atoms with Gasteiger partial charge in [-0.15, -0.1) is 0 Å². The zero-order valence-corrected chi connectivity index (χ0v) is 16.4. The van der Waals surface area contributed by atoms with Gasteiger partial charge in [-0.3, -0.25) is 5.32 Å². The standard InChI is InChI=1S/C23H19F6NO/c1-31-20-12-7-15(13-19(20)16-8-10-18(11-9-16)22(24,25)26)14-30-21(23(27,28)29)17-5-3-2-4-6-17/h2-13,21,30H,14H2,1H3/t21-/m1/s1. The van der Waals surface area contributed by atoms with Crippen LogP contribution >= 0.6 is 0 Å². The van der Waals surface area contributed by atoms with Crippen molar-refractivity contribution in [2.24, 2.45) is 0 Å². The van der Waals surface area contributed by atoms with Crippen LogP contribution in [0, 0.1) is 0 Å². The van der Waals surface area contributed by atoms with E-state index in [1.165, 1.54) is 43.5 Å². The van der Waals surface area contributed by atoms with Crippen LogP contribution in [-0.4, -0.2) is 13.3 Å². The molecule has 0 bridgehead atoms. The van der Waals surface area contributed by atoms with Crippen LogP contribution < -0.4 is 10.1 Å². The lowest BCUT2D eigenvalue weighted by atomic mass is 10.00. The number of hydrogen-bond donors (Lipinski definition) is 1. The Bertz CT molecular complexity index is 997. The van der Waals surface area contributed by atoms with Gasteiger partial charge in [-0.2, -0.15) is 26.3 Å². The molecule has 0 aliphatic carbocycles.